The number of hydrogen-bond acceptors (Lipinski definition) is 3. The van der Waals surface area contributed by atoms with Gasteiger partial charge < -0.3 is 10.6 Å². The highest BCUT2D eigenvalue weighted by atomic mass is 16.2. The molecule has 0 atom stereocenters. The molecular weight excluding hydrogens is 274 g/mol. The summed E-state index contributed by atoms with van der Waals surface area (Å²) in [5.41, 5.74) is 3.07. The third-order valence-electron chi connectivity index (χ3n) is 3.61. The van der Waals surface area contributed by atoms with E-state index < -0.39 is 0 Å². The van der Waals surface area contributed by atoms with E-state index in [-0.39, 0.29) is 5.91 Å². The maximum atomic E-state index is 12.2. The van der Waals surface area contributed by atoms with E-state index in [1.807, 2.05) is 42.5 Å². The summed E-state index contributed by atoms with van der Waals surface area (Å²) in [7, 11) is 0. The molecule has 4 heteroatoms. The van der Waals surface area contributed by atoms with E-state index in [0.29, 0.717) is 12.4 Å². The molecule has 0 fully saturated rings. The average Bonchev–Trinajstić information content (AvgIpc) is 2.86. The molecule has 0 aliphatic carbocycles. The van der Waals surface area contributed by atoms with Gasteiger partial charge in [-0.2, -0.15) is 0 Å². The second kappa shape index (κ2) is 6.89. The smallest absolute Gasteiger partial charge is 0.290 e. The summed E-state index contributed by atoms with van der Waals surface area (Å²) in [6.45, 7) is 1.52. The standard InChI is InChI=1S/C18H19N3O/c22-18(17-19-12-4-5-13-20-17)21-16-10-8-15(9-11-16)14-6-2-1-3-7-14/h1-3,6-11H,4-5,12-13H2,(H,19,20)(H,21,22). The van der Waals surface area contributed by atoms with E-state index in [9.17, 15) is 4.79 Å². The van der Waals surface area contributed by atoms with Gasteiger partial charge in [-0.15, -0.1) is 0 Å². The van der Waals surface area contributed by atoms with Gasteiger partial charge in [0.25, 0.3) is 5.91 Å². The number of benzene rings is 2. The molecular formula is C18H19N3O. The second-order valence-corrected chi connectivity index (χ2v) is 5.26. The molecule has 0 aromatic heterocycles. The monoisotopic (exact) mass is 293 g/mol. The van der Waals surface area contributed by atoms with Gasteiger partial charge in [0.05, 0.1) is 0 Å². The van der Waals surface area contributed by atoms with Crippen LogP contribution in [0.4, 0.5) is 5.69 Å². The molecule has 2 aromatic rings. The Morgan fingerprint density at radius 2 is 1.68 bits per heavy atom. The predicted molar refractivity (Wildman–Crippen MR) is 90.0 cm³/mol. The Bertz CT molecular complexity index is 662. The molecule has 0 radical (unpaired) electrons. The van der Waals surface area contributed by atoms with Crippen molar-refractivity contribution in [1.82, 2.24) is 5.32 Å². The summed E-state index contributed by atoms with van der Waals surface area (Å²) >= 11 is 0. The molecule has 0 saturated carbocycles. The molecule has 3 rings (SSSR count). The highest BCUT2D eigenvalue weighted by Crippen LogP contribution is 2.20. The first-order valence-corrected chi connectivity index (χ1v) is 7.58. The zero-order chi connectivity index (χ0) is 15.2. The van der Waals surface area contributed by atoms with Crippen molar-refractivity contribution in [3.63, 3.8) is 0 Å². The Balaban J connectivity index is 1.68. The van der Waals surface area contributed by atoms with Gasteiger partial charge >= 0.3 is 0 Å². The number of amides is 1. The molecule has 1 aliphatic heterocycles. The summed E-state index contributed by atoms with van der Waals surface area (Å²) < 4.78 is 0. The molecule has 0 unspecified atom stereocenters. The van der Waals surface area contributed by atoms with E-state index in [1.54, 1.807) is 0 Å². The number of nitrogens with one attached hydrogen (secondary N) is 2. The first-order valence-electron chi connectivity index (χ1n) is 7.58. The first-order chi connectivity index (χ1) is 10.8. The van der Waals surface area contributed by atoms with E-state index in [1.165, 1.54) is 0 Å². The number of rotatable bonds is 3. The van der Waals surface area contributed by atoms with Crippen LogP contribution in [0.25, 0.3) is 11.1 Å². The van der Waals surface area contributed by atoms with Crippen molar-refractivity contribution >= 4 is 17.4 Å². The third kappa shape index (κ3) is 3.52. The fourth-order valence-corrected chi connectivity index (χ4v) is 2.41. The SMILES string of the molecule is O=C(Nc1ccc(-c2ccccc2)cc1)C1=NCCCCN1. The molecule has 2 N–H and O–H groups in total. The maximum absolute atomic E-state index is 12.2. The summed E-state index contributed by atoms with van der Waals surface area (Å²) in [5, 5.41) is 5.96. The van der Waals surface area contributed by atoms with Crippen molar-refractivity contribution in [3.05, 3.63) is 54.6 Å². The van der Waals surface area contributed by atoms with Crippen LogP contribution in [0.1, 0.15) is 12.8 Å². The number of carbonyl (C=O) groups is 1. The minimum absolute atomic E-state index is 0.172. The van der Waals surface area contributed by atoms with Gasteiger partial charge in [-0.05, 0) is 36.1 Å². The number of carbonyl (C=O) groups excluding carboxylic acids is 1. The van der Waals surface area contributed by atoms with Crippen LogP contribution in [0.3, 0.4) is 0 Å². The number of anilines is 1. The summed E-state index contributed by atoms with van der Waals surface area (Å²) in [5.74, 6) is 0.263. The normalized spacial score (nSPS) is 14.5. The van der Waals surface area contributed by atoms with E-state index >= 15 is 0 Å². The minimum atomic E-state index is -0.172. The van der Waals surface area contributed by atoms with Crippen molar-refractivity contribution in [3.8, 4) is 11.1 Å². The predicted octanol–water partition coefficient (Wildman–Crippen LogP) is 3.07. The lowest BCUT2D eigenvalue weighted by Crippen LogP contribution is -2.35. The third-order valence-corrected chi connectivity index (χ3v) is 3.61. The lowest BCUT2D eigenvalue weighted by atomic mass is 10.1. The van der Waals surface area contributed by atoms with Gasteiger partial charge in [0, 0.05) is 18.8 Å². The van der Waals surface area contributed by atoms with Crippen LogP contribution < -0.4 is 10.6 Å². The van der Waals surface area contributed by atoms with Gasteiger partial charge in [0.15, 0.2) is 5.84 Å². The van der Waals surface area contributed by atoms with Crippen LogP contribution in [0.15, 0.2) is 59.6 Å². The van der Waals surface area contributed by atoms with E-state index in [4.69, 9.17) is 0 Å². The largest absolute Gasteiger partial charge is 0.366 e. The van der Waals surface area contributed by atoms with Crippen molar-refractivity contribution in [1.29, 1.82) is 0 Å². The second-order valence-electron chi connectivity index (χ2n) is 5.26. The Hall–Kier alpha value is -2.62. The minimum Gasteiger partial charge on any atom is -0.366 e. The zero-order valence-electron chi connectivity index (χ0n) is 12.4. The lowest BCUT2D eigenvalue weighted by molar-refractivity contribution is -0.110. The summed E-state index contributed by atoms with van der Waals surface area (Å²) in [6, 6.07) is 18.0. The number of nitrogens with zero attached hydrogens (tertiary/aromatic N) is 1. The number of hydrogen-bond donors (Lipinski definition) is 2. The van der Waals surface area contributed by atoms with Crippen LogP contribution in [-0.2, 0) is 4.79 Å². The lowest BCUT2D eigenvalue weighted by Gasteiger charge is -2.09. The van der Waals surface area contributed by atoms with Crippen LogP contribution in [0.2, 0.25) is 0 Å². The molecule has 4 nitrogen and oxygen atoms in total. The Kier molecular flexibility index (Phi) is 4.49. The fourth-order valence-electron chi connectivity index (χ4n) is 2.41. The van der Waals surface area contributed by atoms with Crippen molar-refractivity contribution in [2.45, 2.75) is 12.8 Å². The van der Waals surface area contributed by atoms with Crippen LogP contribution in [0.5, 0.6) is 0 Å². The molecule has 1 aliphatic rings. The Morgan fingerprint density at radius 3 is 2.45 bits per heavy atom. The summed E-state index contributed by atoms with van der Waals surface area (Å²) in [4.78, 5) is 16.4. The Morgan fingerprint density at radius 1 is 0.955 bits per heavy atom. The molecule has 0 spiro atoms. The van der Waals surface area contributed by atoms with Gasteiger partial charge in [-0.3, -0.25) is 9.79 Å². The molecule has 0 saturated heterocycles. The van der Waals surface area contributed by atoms with Crippen molar-refractivity contribution in [2.75, 3.05) is 18.4 Å². The van der Waals surface area contributed by atoms with E-state index in [2.05, 4.69) is 27.8 Å². The van der Waals surface area contributed by atoms with E-state index in [0.717, 1.165) is 36.2 Å². The van der Waals surface area contributed by atoms with Gasteiger partial charge in [0.1, 0.15) is 0 Å². The van der Waals surface area contributed by atoms with Crippen molar-refractivity contribution < 1.29 is 4.79 Å². The highest BCUT2D eigenvalue weighted by Gasteiger charge is 2.12. The Labute approximate surface area is 130 Å². The molecule has 2 aromatic carbocycles. The number of amidine groups is 1. The van der Waals surface area contributed by atoms with Crippen molar-refractivity contribution in [2.24, 2.45) is 4.99 Å². The van der Waals surface area contributed by atoms with Gasteiger partial charge in [-0.1, -0.05) is 42.5 Å². The molecule has 0 bridgehead atoms. The molecule has 22 heavy (non-hydrogen) atoms. The molecule has 112 valence electrons. The fraction of sp³-hybridized carbons (Fsp3) is 0.222. The average molecular weight is 293 g/mol. The maximum Gasteiger partial charge on any atom is 0.290 e. The van der Waals surface area contributed by atoms with Crippen LogP contribution in [-0.4, -0.2) is 24.8 Å². The van der Waals surface area contributed by atoms with Crippen LogP contribution >= 0.6 is 0 Å². The van der Waals surface area contributed by atoms with Gasteiger partial charge in [-0.25, -0.2) is 0 Å². The molecule has 1 heterocycles. The zero-order valence-corrected chi connectivity index (χ0v) is 12.4. The van der Waals surface area contributed by atoms with Gasteiger partial charge in [0.2, 0.25) is 0 Å². The number of aliphatic imine (C=N–C) groups is 1. The first kappa shape index (κ1) is 14.3. The van der Waals surface area contributed by atoms with Crippen LogP contribution in [0, 0.1) is 0 Å². The topological polar surface area (TPSA) is 53.5 Å². The quantitative estimate of drug-likeness (QED) is 0.913. The summed E-state index contributed by atoms with van der Waals surface area (Å²) in [6.07, 6.45) is 2.07. The molecule has 1 amide bonds. The highest BCUT2D eigenvalue weighted by molar-refractivity contribution is 6.42.